The fourth-order valence-corrected chi connectivity index (χ4v) is 3.57. The third-order valence-corrected chi connectivity index (χ3v) is 4.88. The SMILES string of the molecule is Cl.FC(F)Oc1cc(-c2noc(C3C(F)(F)C34CCNCC4)n2)ccn1. The van der Waals surface area contributed by atoms with Crippen LogP contribution in [0.2, 0.25) is 0 Å². The summed E-state index contributed by atoms with van der Waals surface area (Å²) in [6.45, 7) is -1.98. The summed E-state index contributed by atoms with van der Waals surface area (Å²) in [7, 11) is 0. The smallest absolute Gasteiger partial charge is 0.388 e. The number of aromatic nitrogens is 3. The second kappa shape index (κ2) is 6.66. The van der Waals surface area contributed by atoms with Gasteiger partial charge in [0.2, 0.25) is 17.6 Å². The minimum absolute atomic E-state index is 0. The first-order valence-electron chi connectivity index (χ1n) is 7.77. The van der Waals surface area contributed by atoms with Gasteiger partial charge < -0.3 is 14.6 Å². The molecule has 142 valence electrons. The van der Waals surface area contributed by atoms with E-state index in [1.165, 1.54) is 18.3 Å². The van der Waals surface area contributed by atoms with Gasteiger partial charge in [-0.3, -0.25) is 0 Å². The van der Waals surface area contributed by atoms with E-state index in [0.29, 0.717) is 31.5 Å². The van der Waals surface area contributed by atoms with Crippen molar-refractivity contribution in [3.63, 3.8) is 0 Å². The lowest BCUT2D eigenvalue weighted by Gasteiger charge is -2.22. The van der Waals surface area contributed by atoms with Gasteiger partial charge in [-0.25, -0.2) is 13.8 Å². The van der Waals surface area contributed by atoms with Crippen LogP contribution in [0, 0.1) is 5.41 Å². The average molecular weight is 395 g/mol. The lowest BCUT2D eigenvalue weighted by molar-refractivity contribution is -0.0528. The summed E-state index contributed by atoms with van der Waals surface area (Å²) in [5.74, 6) is -4.41. The van der Waals surface area contributed by atoms with Crippen LogP contribution in [0.4, 0.5) is 17.6 Å². The number of rotatable bonds is 4. The Balaban J connectivity index is 0.00000196. The molecule has 26 heavy (non-hydrogen) atoms. The van der Waals surface area contributed by atoms with Gasteiger partial charge in [0.15, 0.2) is 0 Å². The molecule has 2 aliphatic rings. The molecule has 3 heterocycles. The van der Waals surface area contributed by atoms with Crippen LogP contribution >= 0.6 is 12.4 Å². The Labute approximate surface area is 151 Å². The number of nitrogens with one attached hydrogen (secondary N) is 1. The number of halogens is 5. The lowest BCUT2D eigenvalue weighted by Crippen LogP contribution is -2.32. The molecular weight excluding hydrogens is 380 g/mol. The maximum Gasteiger partial charge on any atom is 0.388 e. The second-order valence-corrected chi connectivity index (χ2v) is 6.18. The van der Waals surface area contributed by atoms with E-state index in [9.17, 15) is 17.6 Å². The predicted octanol–water partition coefficient (Wildman–Crippen LogP) is 3.26. The zero-order valence-corrected chi connectivity index (χ0v) is 14.1. The summed E-state index contributed by atoms with van der Waals surface area (Å²) in [5, 5.41) is 6.77. The maximum absolute atomic E-state index is 14.4. The highest BCUT2D eigenvalue weighted by atomic mass is 35.5. The molecule has 1 N–H and O–H groups in total. The quantitative estimate of drug-likeness (QED) is 0.802. The molecule has 1 saturated carbocycles. The Morgan fingerprint density at radius 1 is 1.27 bits per heavy atom. The maximum atomic E-state index is 14.4. The standard InChI is InChI=1S/C15H14F4N4O2.ClH/c16-13(17)24-9-7-8(1-4-21-9)11-22-12(25-23-11)10-14(15(10,18)19)2-5-20-6-3-14;/h1,4,7,10,13,20H,2-3,5-6H2;1H. The van der Waals surface area contributed by atoms with Crippen molar-refractivity contribution in [1.29, 1.82) is 0 Å². The van der Waals surface area contributed by atoms with Gasteiger partial charge in [0.1, 0.15) is 5.92 Å². The number of hydrogen-bond donors (Lipinski definition) is 1. The first-order chi connectivity index (χ1) is 11.9. The molecule has 1 unspecified atom stereocenters. The largest absolute Gasteiger partial charge is 0.417 e. The lowest BCUT2D eigenvalue weighted by atomic mass is 9.91. The van der Waals surface area contributed by atoms with E-state index in [2.05, 4.69) is 25.2 Å². The summed E-state index contributed by atoms with van der Waals surface area (Å²) in [6.07, 6.45) is 1.91. The molecule has 1 aliphatic carbocycles. The minimum Gasteiger partial charge on any atom is -0.417 e. The summed E-state index contributed by atoms with van der Waals surface area (Å²) in [5.41, 5.74) is -0.839. The molecule has 0 radical (unpaired) electrons. The molecule has 11 heteroatoms. The van der Waals surface area contributed by atoms with E-state index in [4.69, 9.17) is 4.52 Å². The van der Waals surface area contributed by atoms with Gasteiger partial charge in [0.05, 0.1) is 5.41 Å². The molecule has 0 bridgehead atoms. The molecule has 1 atom stereocenters. The van der Waals surface area contributed by atoms with Crippen molar-refractivity contribution in [2.45, 2.75) is 31.3 Å². The summed E-state index contributed by atoms with van der Waals surface area (Å²) in [4.78, 5) is 7.69. The molecule has 6 nitrogen and oxygen atoms in total. The highest BCUT2D eigenvalue weighted by Crippen LogP contribution is 2.74. The highest BCUT2D eigenvalue weighted by Gasteiger charge is 2.82. The van der Waals surface area contributed by atoms with Gasteiger partial charge in [-0.15, -0.1) is 12.4 Å². The number of alkyl halides is 4. The van der Waals surface area contributed by atoms with Crippen LogP contribution < -0.4 is 10.1 Å². The minimum atomic E-state index is -3.02. The van der Waals surface area contributed by atoms with E-state index in [1.54, 1.807) is 0 Å². The summed E-state index contributed by atoms with van der Waals surface area (Å²) in [6, 6.07) is 2.66. The number of nitrogens with zero attached hydrogens (tertiary/aromatic N) is 3. The van der Waals surface area contributed by atoms with Crippen molar-refractivity contribution < 1.29 is 26.8 Å². The molecule has 2 aromatic rings. The van der Waals surface area contributed by atoms with E-state index >= 15 is 0 Å². The topological polar surface area (TPSA) is 73.1 Å². The summed E-state index contributed by atoms with van der Waals surface area (Å²) >= 11 is 0. The Morgan fingerprint density at radius 3 is 2.69 bits per heavy atom. The van der Waals surface area contributed by atoms with Gasteiger partial charge >= 0.3 is 6.61 Å². The Morgan fingerprint density at radius 2 is 2.00 bits per heavy atom. The fraction of sp³-hybridized carbons (Fsp3) is 0.533. The van der Waals surface area contributed by atoms with Crippen molar-refractivity contribution in [2.24, 2.45) is 5.41 Å². The second-order valence-electron chi connectivity index (χ2n) is 6.18. The van der Waals surface area contributed by atoms with E-state index in [1.807, 2.05) is 0 Å². The Hall–Kier alpha value is -1.94. The first-order valence-corrected chi connectivity index (χ1v) is 7.77. The fourth-order valence-electron chi connectivity index (χ4n) is 3.57. The molecule has 2 aromatic heterocycles. The zero-order chi connectivity index (χ0) is 17.7. The van der Waals surface area contributed by atoms with Crippen LogP contribution in [0.3, 0.4) is 0 Å². The highest BCUT2D eigenvalue weighted by molar-refractivity contribution is 5.85. The van der Waals surface area contributed by atoms with Crippen LogP contribution in [-0.2, 0) is 0 Å². The molecular formula is C15H15ClF4N4O2. The van der Waals surface area contributed by atoms with Crippen LogP contribution in [-0.4, -0.2) is 40.7 Å². The molecule has 1 spiro atoms. The third-order valence-electron chi connectivity index (χ3n) is 4.88. The Kier molecular flexibility index (Phi) is 4.82. The van der Waals surface area contributed by atoms with Crippen LogP contribution in [0.1, 0.15) is 24.7 Å². The van der Waals surface area contributed by atoms with Gasteiger partial charge in [0.25, 0.3) is 5.92 Å². The number of hydrogen-bond acceptors (Lipinski definition) is 6. The van der Waals surface area contributed by atoms with Crippen molar-refractivity contribution in [3.05, 3.63) is 24.2 Å². The molecule has 1 saturated heterocycles. The van der Waals surface area contributed by atoms with Crippen molar-refractivity contribution in [3.8, 4) is 17.3 Å². The average Bonchev–Trinajstić information content (AvgIpc) is 2.91. The first kappa shape index (κ1) is 18.8. The number of pyridine rings is 1. The predicted molar refractivity (Wildman–Crippen MR) is 83.6 cm³/mol. The van der Waals surface area contributed by atoms with Crippen molar-refractivity contribution in [1.82, 2.24) is 20.4 Å². The number of ether oxygens (including phenoxy) is 1. The van der Waals surface area contributed by atoms with Crippen LogP contribution in [0.5, 0.6) is 5.88 Å². The van der Waals surface area contributed by atoms with Gasteiger partial charge in [-0.1, -0.05) is 5.16 Å². The Bertz CT molecular complexity index is 783. The van der Waals surface area contributed by atoms with Gasteiger partial charge in [0, 0.05) is 17.8 Å². The van der Waals surface area contributed by atoms with E-state index < -0.39 is 23.9 Å². The molecule has 1 aliphatic heterocycles. The normalized spacial score (nSPS) is 22.9. The van der Waals surface area contributed by atoms with E-state index in [0.717, 1.165) is 0 Å². The van der Waals surface area contributed by atoms with Crippen LogP contribution in [0.25, 0.3) is 11.4 Å². The molecule has 2 fully saturated rings. The molecule has 4 rings (SSSR count). The van der Waals surface area contributed by atoms with Crippen molar-refractivity contribution in [2.75, 3.05) is 13.1 Å². The van der Waals surface area contributed by atoms with Gasteiger partial charge in [-0.05, 0) is 32.0 Å². The summed E-state index contributed by atoms with van der Waals surface area (Å²) < 4.78 is 62.5. The molecule has 0 aromatic carbocycles. The number of piperidine rings is 1. The third kappa shape index (κ3) is 2.90. The van der Waals surface area contributed by atoms with Crippen LogP contribution in [0.15, 0.2) is 22.9 Å². The molecule has 0 amide bonds. The van der Waals surface area contributed by atoms with E-state index in [-0.39, 0.29) is 30.0 Å². The van der Waals surface area contributed by atoms with Gasteiger partial charge in [-0.2, -0.15) is 13.8 Å². The van der Waals surface area contributed by atoms with Crippen molar-refractivity contribution >= 4 is 12.4 Å². The zero-order valence-electron chi connectivity index (χ0n) is 13.3. The monoisotopic (exact) mass is 394 g/mol.